The van der Waals surface area contributed by atoms with Crippen molar-refractivity contribution in [1.82, 2.24) is 21.3 Å². The van der Waals surface area contributed by atoms with Gasteiger partial charge in [-0.2, -0.15) is 12.6 Å². The average Bonchev–Trinajstić information content (AvgIpc) is 2.99. The standard InChI is InChI=1S/C31H41ClN4O7S/c1-20(2)18-43-31(42)36-25(14-15-27(37)38)30(41)34-24(13-12-21-8-4-3-5-9-21)29(40)35-26(19-44)28(39)33-17-16-22-10-6-7-11-23(22)32/h3-11,20,24-26,44H,12-19H2,1-2H3,(H,33,39)(H,34,41)(H,35,40)(H,36,42)(H,37,38)/t24-,25-,26-/m0/s1. The van der Waals surface area contributed by atoms with Crippen LogP contribution in [0.1, 0.15) is 44.2 Å². The van der Waals surface area contributed by atoms with Gasteiger partial charge in [-0.05, 0) is 48.8 Å². The number of carbonyl (C=O) groups excluding carboxylic acids is 4. The number of carbonyl (C=O) groups is 5. The molecule has 0 aliphatic carbocycles. The number of ether oxygens (including phenoxy) is 1. The van der Waals surface area contributed by atoms with E-state index in [-0.39, 0.29) is 37.7 Å². The summed E-state index contributed by atoms with van der Waals surface area (Å²) < 4.78 is 5.09. The van der Waals surface area contributed by atoms with Gasteiger partial charge < -0.3 is 31.1 Å². The molecule has 0 aliphatic rings. The highest BCUT2D eigenvalue weighted by molar-refractivity contribution is 7.80. The summed E-state index contributed by atoms with van der Waals surface area (Å²) in [5.41, 5.74) is 1.78. The number of hydrogen-bond donors (Lipinski definition) is 6. The molecule has 3 atom stereocenters. The summed E-state index contributed by atoms with van der Waals surface area (Å²) in [5, 5.41) is 20.2. The number of alkyl carbamates (subject to hydrolysis) is 1. The molecule has 4 amide bonds. The van der Waals surface area contributed by atoms with E-state index in [0.717, 1.165) is 11.1 Å². The minimum atomic E-state index is -1.27. The van der Waals surface area contributed by atoms with E-state index in [9.17, 15) is 24.0 Å². The number of nitrogens with one attached hydrogen (secondary N) is 4. The molecule has 0 spiro atoms. The van der Waals surface area contributed by atoms with Crippen LogP contribution in [0.4, 0.5) is 4.79 Å². The van der Waals surface area contributed by atoms with Crippen molar-refractivity contribution in [2.24, 2.45) is 5.92 Å². The molecule has 44 heavy (non-hydrogen) atoms. The first-order valence-corrected chi connectivity index (χ1v) is 15.4. The van der Waals surface area contributed by atoms with Gasteiger partial charge in [0, 0.05) is 23.7 Å². The number of aryl methyl sites for hydroxylation is 1. The zero-order chi connectivity index (χ0) is 32.5. The second-order valence-electron chi connectivity index (χ2n) is 10.6. The monoisotopic (exact) mass is 648 g/mol. The molecule has 13 heteroatoms. The summed E-state index contributed by atoms with van der Waals surface area (Å²) in [7, 11) is 0. The highest BCUT2D eigenvalue weighted by Gasteiger charge is 2.30. The van der Waals surface area contributed by atoms with Crippen LogP contribution in [0.15, 0.2) is 54.6 Å². The quantitative estimate of drug-likeness (QED) is 0.135. The van der Waals surface area contributed by atoms with E-state index in [1.54, 1.807) is 6.07 Å². The predicted molar refractivity (Wildman–Crippen MR) is 171 cm³/mol. The first kappa shape index (κ1) is 36.4. The number of carboxylic acid groups (broad SMARTS) is 1. The Morgan fingerprint density at radius 3 is 2.05 bits per heavy atom. The summed E-state index contributed by atoms with van der Waals surface area (Å²) in [6.45, 7) is 4.07. The maximum atomic E-state index is 13.4. The highest BCUT2D eigenvalue weighted by Crippen LogP contribution is 2.15. The summed E-state index contributed by atoms with van der Waals surface area (Å²) in [4.78, 5) is 63.1. The van der Waals surface area contributed by atoms with Crippen molar-refractivity contribution in [2.75, 3.05) is 18.9 Å². The highest BCUT2D eigenvalue weighted by atomic mass is 35.5. The van der Waals surface area contributed by atoms with E-state index in [4.69, 9.17) is 21.4 Å². The molecule has 2 aromatic rings. The van der Waals surface area contributed by atoms with Gasteiger partial charge in [-0.1, -0.05) is 74.0 Å². The minimum Gasteiger partial charge on any atom is -0.481 e. The molecule has 0 saturated heterocycles. The summed E-state index contributed by atoms with van der Waals surface area (Å²) >= 11 is 10.4. The minimum absolute atomic E-state index is 0.00645. The molecule has 11 nitrogen and oxygen atoms in total. The molecule has 5 N–H and O–H groups in total. The van der Waals surface area contributed by atoms with Crippen molar-refractivity contribution in [3.63, 3.8) is 0 Å². The average molecular weight is 649 g/mol. The fraction of sp³-hybridized carbons (Fsp3) is 0.452. The van der Waals surface area contributed by atoms with Crippen molar-refractivity contribution in [3.05, 3.63) is 70.7 Å². The summed E-state index contributed by atoms with van der Waals surface area (Å²) in [6, 6.07) is 13.2. The van der Waals surface area contributed by atoms with Crippen molar-refractivity contribution in [2.45, 2.75) is 64.1 Å². The molecule has 0 aromatic heterocycles. The topological polar surface area (TPSA) is 163 Å². The largest absolute Gasteiger partial charge is 0.481 e. The molecule has 2 rings (SSSR count). The van der Waals surface area contributed by atoms with Crippen molar-refractivity contribution in [3.8, 4) is 0 Å². The van der Waals surface area contributed by atoms with E-state index in [0.29, 0.717) is 17.9 Å². The first-order valence-electron chi connectivity index (χ1n) is 14.4. The van der Waals surface area contributed by atoms with E-state index in [2.05, 4.69) is 33.9 Å². The molecule has 0 radical (unpaired) electrons. The van der Waals surface area contributed by atoms with Crippen LogP contribution in [0.25, 0.3) is 0 Å². The molecule has 0 saturated carbocycles. The Hall–Kier alpha value is -3.77. The van der Waals surface area contributed by atoms with Gasteiger partial charge in [0.15, 0.2) is 0 Å². The molecule has 0 fully saturated rings. The van der Waals surface area contributed by atoms with Gasteiger partial charge in [-0.3, -0.25) is 19.2 Å². The molecule has 0 bridgehead atoms. The zero-order valence-corrected chi connectivity index (χ0v) is 26.5. The number of halogens is 1. The fourth-order valence-electron chi connectivity index (χ4n) is 4.07. The number of benzene rings is 2. The van der Waals surface area contributed by atoms with Crippen LogP contribution in [0.3, 0.4) is 0 Å². The van der Waals surface area contributed by atoms with Crippen LogP contribution < -0.4 is 21.3 Å². The van der Waals surface area contributed by atoms with Gasteiger partial charge in [0.2, 0.25) is 17.7 Å². The van der Waals surface area contributed by atoms with E-state index in [1.807, 2.05) is 62.4 Å². The van der Waals surface area contributed by atoms with Crippen molar-refractivity contribution < 1.29 is 33.8 Å². The lowest BCUT2D eigenvalue weighted by molar-refractivity contribution is -0.137. The number of aliphatic carboxylic acids is 1. The van der Waals surface area contributed by atoms with E-state index < -0.39 is 54.3 Å². The van der Waals surface area contributed by atoms with Gasteiger partial charge in [0.25, 0.3) is 0 Å². The number of hydrogen-bond acceptors (Lipinski definition) is 7. The second kappa shape index (κ2) is 19.5. The maximum absolute atomic E-state index is 13.4. The van der Waals surface area contributed by atoms with Gasteiger partial charge >= 0.3 is 12.1 Å². The lowest BCUT2D eigenvalue weighted by atomic mass is 10.0. The lowest BCUT2D eigenvalue weighted by Gasteiger charge is -2.25. The molecular formula is C31H41ClN4O7S. The Balaban J connectivity index is 2.12. The van der Waals surface area contributed by atoms with E-state index >= 15 is 0 Å². The molecule has 240 valence electrons. The summed E-state index contributed by atoms with van der Waals surface area (Å²) in [6.07, 6.45) is -0.439. The Morgan fingerprint density at radius 2 is 1.43 bits per heavy atom. The Labute approximate surface area is 268 Å². The van der Waals surface area contributed by atoms with Crippen LogP contribution in [0, 0.1) is 5.92 Å². The number of amides is 4. The van der Waals surface area contributed by atoms with Crippen molar-refractivity contribution in [1.29, 1.82) is 0 Å². The summed E-state index contributed by atoms with van der Waals surface area (Å²) in [5.74, 6) is -2.96. The van der Waals surface area contributed by atoms with Gasteiger partial charge in [-0.15, -0.1) is 0 Å². The van der Waals surface area contributed by atoms with E-state index in [1.165, 1.54) is 0 Å². The number of thiol groups is 1. The third kappa shape index (κ3) is 13.7. The Bertz CT molecular complexity index is 1250. The van der Waals surface area contributed by atoms with Crippen molar-refractivity contribution >= 4 is 54.0 Å². The SMILES string of the molecule is CC(C)COC(=O)N[C@@H](CCC(=O)O)C(=O)N[C@@H](CCc1ccccc1)C(=O)N[C@@H](CS)C(=O)NCCc1ccccc1Cl. The maximum Gasteiger partial charge on any atom is 0.407 e. The number of rotatable bonds is 18. The Kier molecular flexibility index (Phi) is 16.1. The fourth-order valence-corrected chi connectivity index (χ4v) is 4.56. The molecule has 2 aromatic carbocycles. The number of carboxylic acids is 1. The van der Waals surface area contributed by atoms with Crippen LogP contribution in [0.2, 0.25) is 5.02 Å². The molecule has 0 aliphatic heterocycles. The molecule has 0 unspecified atom stereocenters. The zero-order valence-electron chi connectivity index (χ0n) is 24.9. The van der Waals surface area contributed by atoms with Gasteiger partial charge in [0.1, 0.15) is 18.1 Å². The Morgan fingerprint density at radius 1 is 0.818 bits per heavy atom. The van der Waals surface area contributed by atoms with Crippen LogP contribution in [-0.2, 0) is 36.8 Å². The lowest BCUT2D eigenvalue weighted by Crippen LogP contribution is -2.57. The third-order valence-corrected chi connectivity index (χ3v) is 7.20. The predicted octanol–water partition coefficient (Wildman–Crippen LogP) is 3.15. The normalized spacial score (nSPS) is 12.8. The van der Waals surface area contributed by atoms with Gasteiger partial charge in [0.05, 0.1) is 6.61 Å². The second-order valence-corrected chi connectivity index (χ2v) is 11.4. The van der Waals surface area contributed by atoms with Crippen LogP contribution in [-0.4, -0.2) is 71.9 Å². The first-order chi connectivity index (χ1) is 21.0. The van der Waals surface area contributed by atoms with Gasteiger partial charge in [-0.25, -0.2) is 4.79 Å². The molecular weight excluding hydrogens is 608 g/mol. The molecule has 0 heterocycles. The third-order valence-electron chi connectivity index (χ3n) is 6.47. The van der Waals surface area contributed by atoms with Crippen LogP contribution in [0.5, 0.6) is 0 Å². The smallest absolute Gasteiger partial charge is 0.407 e. The van der Waals surface area contributed by atoms with Crippen LogP contribution >= 0.6 is 24.2 Å².